The van der Waals surface area contributed by atoms with Crippen LogP contribution in [0.3, 0.4) is 0 Å². The number of benzene rings is 3. The van der Waals surface area contributed by atoms with Crippen LogP contribution in [0.5, 0.6) is 0 Å². The van der Waals surface area contributed by atoms with E-state index in [-0.39, 0.29) is 11.8 Å². The topological polar surface area (TPSA) is 71.1 Å². The molecule has 0 saturated carbocycles. The van der Waals surface area contributed by atoms with Gasteiger partial charge in [-0.25, -0.2) is 0 Å². The van der Waals surface area contributed by atoms with E-state index in [1.165, 1.54) is 0 Å². The second-order valence-corrected chi connectivity index (χ2v) is 6.23. The lowest BCUT2D eigenvalue weighted by atomic mass is 10.0. The highest BCUT2D eigenvalue weighted by atomic mass is 16.2. The summed E-state index contributed by atoms with van der Waals surface area (Å²) in [4.78, 5) is 29.1. The zero-order valence-corrected chi connectivity index (χ0v) is 14.9. The van der Waals surface area contributed by atoms with Crippen molar-refractivity contribution in [1.82, 2.24) is 4.98 Å². The second kappa shape index (κ2) is 7.72. The highest BCUT2D eigenvalue weighted by Gasteiger charge is 2.11. The molecule has 28 heavy (non-hydrogen) atoms. The van der Waals surface area contributed by atoms with Gasteiger partial charge in [0.1, 0.15) is 5.69 Å². The Morgan fingerprint density at radius 3 is 2.14 bits per heavy atom. The summed E-state index contributed by atoms with van der Waals surface area (Å²) in [5, 5.41) is 7.58. The first kappa shape index (κ1) is 17.4. The Bertz CT molecular complexity index is 1150. The SMILES string of the molecule is O=C(Nc1cccc(NC(=O)c2cccc3ccccc23)c1)c1ccccn1. The summed E-state index contributed by atoms with van der Waals surface area (Å²) in [7, 11) is 0. The number of fused-ring (bicyclic) bond motifs is 1. The third kappa shape index (κ3) is 3.73. The summed E-state index contributed by atoms with van der Waals surface area (Å²) >= 11 is 0. The number of rotatable bonds is 4. The average molecular weight is 367 g/mol. The van der Waals surface area contributed by atoms with Gasteiger partial charge in [0.05, 0.1) is 0 Å². The number of pyridine rings is 1. The molecule has 136 valence electrons. The van der Waals surface area contributed by atoms with Crippen LogP contribution in [-0.2, 0) is 0 Å². The quantitative estimate of drug-likeness (QED) is 0.547. The van der Waals surface area contributed by atoms with E-state index >= 15 is 0 Å². The Hall–Kier alpha value is -3.99. The Balaban J connectivity index is 1.53. The van der Waals surface area contributed by atoms with Crippen molar-refractivity contribution in [2.45, 2.75) is 0 Å². The number of hydrogen-bond acceptors (Lipinski definition) is 3. The van der Waals surface area contributed by atoms with Gasteiger partial charge in [0.15, 0.2) is 0 Å². The Labute approximate surface area is 162 Å². The third-order valence-corrected chi connectivity index (χ3v) is 4.31. The van der Waals surface area contributed by atoms with E-state index < -0.39 is 0 Å². The minimum Gasteiger partial charge on any atom is -0.322 e. The summed E-state index contributed by atoms with van der Waals surface area (Å²) in [5.74, 6) is -0.511. The van der Waals surface area contributed by atoms with E-state index in [9.17, 15) is 9.59 Å². The highest BCUT2D eigenvalue weighted by molar-refractivity contribution is 6.13. The zero-order chi connectivity index (χ0) is 19.3. The van der Waals surface area contributed by atoms with Crippen LogP contribution < -0.4 is 10.6 Å². The lowest BCUT2D eigenvalue weighted by Crippen LogP contribution is -2.15. The molecule has 3 aromatic carbocycles. The van der Waals surface area contributed by atoms with E-state index in [0.29, 0.717) is 22.6 Å². The van der Waals surface area contributed by atoms with Crippen LogP contribution in [0.1, 0.15) is 20.8 Å². The first-order valence-corrected chi connectivity index (χ1v) is 8.82. The number of amides is 2. The molecular formula is C23H17N3O2. The fourth-order valence-electron chi connectivity index (χ4n) is 2.99. The maximum absolute atomic E-state index is 12.8. The molecule has 2 amide bonds. The normalized spacial score (nSPS) is 10.4. The molecule has 0 radical (unpaired) electrons. The number of aromatic nitrogens is 1. The Kier molecular flexibility index (Phi) is 4.80. The molecule has 4 aromatic rings. The molecule has 0 aliphatic carbocycles. The molecule has 0 unspecified atom stereocenters. The van der Waals surface area contributed by atoms with Gasteiger partial charge in [-0.15, -0.1) is 0 Å². The summed E-state index contributed by atoms with van der Waals surface area (Å²) in [6, 6.07) is 25.5. The van der Waals surface area contributed by atoms with Gasteiger partial charge in [-0.2, -0.15) is 0 Å². The van der Waals surface area contributed by atoms with Crippen molar-refractivity contribution in [2.24, 2.45) is 0 Å². The molecule has 0 fully saturated rings. The Morgan fingerprint density at radius 1 is 0.679 bits per heavy atom. The first-order valence-electron chi connectivity index (χ1n) is 8.82. The standard InChI is InChI=1S/C23H17N3O2/c27-22(20-12-5-8-16-7-1-2-11-19(16)20)25-17-9-6-10-18(15-17)26-23(28)21-13-3-4-14-24-21/h1-15H,(H,25,27)(H,26,28). The van der Waals surface area contributed by atoms with Crippen molar-refractivity contribution in [2.75, 3.05) is 10.6 Å². The van der Waals surface area contributed by atoms with Crippen LogP contribution in [0.25, 0.3) is 10.8 Å². The van der Waals surface area contributed by atoms with E-state index in [4.69, 9.17) is 0 Å². The summed E-state index contributed by atoms with van der Waals surface area (Å²) in [6.45, 7) is 0. The van der Waals surface area contributed by atoms with Gasteiger partial charge in [0, 0.05) is 23.1 Å². The van der Waals surface area contributed by atoms with E-state index in [1.54, 1.807) is 54.7 Å². The minimum atomic E-state index is -0.307. The maximum atomic E-state index is 12.8. The molecule has 0 bridgehead atoms. The van der Waals surface area contributed by atoms with Crippen molar-refractivity contribution in [3.63, 3.8) is 0 Å². The number of carbonyl (C=O) groups is 2. The summed E-state index contributed by atoms with van der Waals surface area (Å²) < 4.78 is 0. The van der Waals surface area contributed by atoms with Crippen molar-refractivity contribution in [3.8, 4) is 0 Å². The average Bonchev–Trinajstić information content (AvgIpc) is 2.74. The van der Waals surface area contributed by atoms with E-state index in [1.807, 2.05) is 36.4 Å². The predicted molar refractivity (Wildman–Crippen MR) is 111 cm³/mol. The number of anilines is 2. The van der Waals surface area contributed by atoms with Crippen molar-refractivity contribution in [1.29, 1.82) is 0 Å². The van der Waals surface area contributed by atoms with E-state index in [0.717, 1.165) is 10.8 Å². The predicted octanol–water partition coefficient (Wildman–Crippen LogP) is 4.74. The van der Waals surface area contributed by atoms with E-state index in [2.05, 4.69) is 15.6 Å². The van der Waals surface area contributed by atoms with Crippen LogP contribution in [0.4, 0.5) is 11.4 Å². The fourth-order valence-corrected chi connectivity index (χ4v) is 2.99. The zero-order valence-electron chi connectivity index (χ0n) is 14.9. The molecule has 0 atom stereocenters. The minimum absolute atomic E-state index is 0.204. The summed E-state index contributed by atoms with van der Waals surface area (Å²) in [5.41, 5.74) is 2.09. The van der Waals surface area contributed by atoms with Gasteiger partial charge in [-0.05, 0) is 47.2 Å². The Morgan fingerprint density at radius 2 is 1.36 bits per heavy atom. The van der Waals surface area contributed by atoms with Gasteiger partial charge in [0.2, 0.25) is 0 Å². The van der Waals surface area contributed by atoms with Gasteiger partial charge in [0.25, 0.3) is 11.8 Å². The number of nitrogens with zero attached hydrogens (tertiary/aromatic N) is 1. The van der Waals surface area contributed by atoms with Crippen molar-refractivity contribution < 1.29 is 9.59 Å². The maximum Gasteiger partial charge on any atom is 0.274 e. The highest BCUT2D eigenvalue weighted by Crippen LogP contribution is 2.21. The van der Waals surface area contributed by atoms with Crippen LogP contribution >= 0.6 is 0 Å². The van der Waals surface area contributed by atoms with Crippen molar-refractivity contribution in [3.05, 3.63) is 102 Å². The summed E-state index contributed by atoms with van der Waals surface area (Å²) in [6.07, 6.45) is 1.57. The monoisotopic (exact) mass is 367 g/mol. The van der Waals surface area contributed by atoms with Gasteiger partial charge in [-0.1, -0.05) is 48.5 Å². The van der Waals surface area contributed by atoms with Crippen LogP contribution in [0, 0.1) is 0 Å². The number of hydrogen-bond donors (Lipinski definition) is 2. The molecule has 0 aliphatic heterocycles. The molecule has 2 N–H and O–H groups in total. The molecule has 0 spiro atoms. The number of nitrogens with one attached hydrogen (secondary N) is 2. The molecular weight excluding hydrogens is 350 g/mol. The van der Waals surface area contributed by atoms with Gasteiger partial charge < -0.3 is 10.6 Å². The largest absolute Gasteiger partial charge is 0.322 e. The third-order valence-electron chi connectivity index (χ3n) is 4.31. The lowest BCUT2D eigenvalue weighted by Gasteiger charge is -2.10. The fraction of sp³-hybridized carbons (Fsp3) is 0. The number of carbonyl (C=O) groups excluding carboxylic acids is 2. The van der Waals surface area contributed by atoms with Crippen LogP contribution in [0.15, 0.2) is 91.1 Å². The molecule has 4 rings (SSSR count). The molecule has 5 nitrogen and oxygen atoms in total. The molecule has 1 heterocycles. The molecule has 5 heteroatoms. The molecule has 0 saturated heterocycles. The van der Waals surface area contributed by atoms with Crippen LogP contribution in [-0.4, -0.2) is 16.8 Å². The lowest BCUT2D eigenvalue weighted by molar-refractivity contribution is 0.101. The van der Waals surface area contributed by atoms with Crippen LogP contribution in [0.2, 0.25) is 0 Å². The van der Waals surface area contributed by atoms with Crippen molar-refractivity contribution >= 4 is 34.0 Å². The smallest absolute Gasteiger partial charge is 0.274 e. The second-order valence-electron chi connectivity index (χ2n) is 6.23. The first-order chi connectivity index (χ1) is 13.7. The van der Waals surface area contributed by atoms with Gasteiger partial charge >= 0.3 is 0 Å². The molecule has 1 aromatic heterocycles. The molecule has 0 aliphatic rings. The van der Waals surface area contributed by atoms with Gasteiger partial charge in [-0.3, -0.25) is 14.6 Å².